The van der Waals surface area contributed by atoms with Crippen LogP contribution in [0.3, 0.4) is 0 Å². The summed E-state index contributed by atoms with van der Waals surface area (Å²) in [5, 5.41) is 3.58. The van der Waals surface area contributed by atoms with Crippen LogP contribution in [0.2, 0.25) is 0 Å². The van der Waals surface area contributed by atoms with E-state index in [4.69, 9.17) is 0 Å². The summed E-state index contributed by atoms with van der Waals surface area (Å²) in [6.45, 7) is 12.0. The van der Waals surface area contributed by atoms with E-state index in [2.05, 4.69) is 31.0 Å². The molecule has 1 N–H and O–H groups in total. The van der Waals surface area contributed by atoms with E-state index in [1.165, 1.54) is 58.3 Å². The quantitative estimate of drug-likeness (QED) is 0.672. The average Bonchev–Trinajstić information content (AvgIpc) is 2.35. The highest BCUT2D eigenvalue weighted by atomic mass is 15.2. The summed E-state index contributed by atoms with van der Waals surface area (Å²) in [6.07, 6.45) is 6.84. The van der Waals surface area contributed by atoms with Gasteiger partial charge in [-0.25, -0.2) is 0 Å². The van der Waals surface area contributed by atoms with Gasteiger partial charge in [0.2, 0.25) is 0 Å². The molecule has 96 valence electrons. The highest BCUT2D eigenvalue weighted by Gasteiger charge is 2.15. The molecule has 0 spiro atoms. The standard InChI is InChI=1S/C14H30N2/c1-4-13(2)12-15-9-8-14(3)16-10-6-5-7-11-16/h13-15H,4-12H2,1-3H3. The van der Waals surface area contributed by atoms with Gasteiger partial charge >= 0.3 is 0 Å². The van der Waals surface area contributed by atoms with E-state index in [9.17, 15) is 0 Å². The van der Waals surface area contributed by atoms with Gasteiger partial charge in [0.05, 0.1) is 0 Å². The molecule has 1 heterocycles. The minimum atomic E-state index is 0.768. The van der Waals surface area contributed by atoms with Gasteiger partial charge in [-0.1, -0.05) is 26.7 Å². The van der Waals surface area contributed by atoms with Crippen LogP contribution in [0.25, 0.3) is 0 Å². The van der Waals surface area contributed by atoms with E-state index in [-0.39, 0.29) is 0 Å². The maximum Gasteiger partial charge on any atom is 0.00790 e. The molecule has 0 amide bonds. The number of hydrogen-bond donors (Lipinski definition) is 1. The van der Waals surface area contributed by atoms with Crippen LogP contribution in [0.1, 0.15) is 52.9 Å². The Bertz CT molecular complexity index is 164. The number of nitrogens with one attached hydrogen (secondary N) is 1. The molecule has 2 nitrogen and oxygen atoms in total. The highest BCUT2D eigenvalue weighted by molar-refractivity contribution is 4.72. The van der Waals surface area contributed by atoms with E-state index in [1.807, 2.05) is 0 Å². The Morgan fingerprint density at radius 1 is 1.12 bits per heavy atom. The summed E-state index contributed by atoms with van der Waals surface area (Å²) >= 11 is 0. The molecule has 1 aliphatic rings. The first kappa shape index (κ1) is 14.0. The van der Waals surface area contributed by atoms with Crippen molar-refractivity contribution in [3.63, 3.8) is 0 Å². The summed E-state index contributed by atoms with van der Waals surface area (Å²) < 4.78 is 0. The lowest BCUT2D eigenvalue weighted by molar-refractivity contribution is 0.166. The lowest BCUT2D eigenvalue weighted by Gasteiger charge is -2.32. The smallest absolute Gasteiger partial charge is 0.00790 e. The summed E-state index contributed by atoms with van der Waals surface area (Å²) in [6, 6.07) is 0.768. The molecular weight excluding hydrogens is 196 g/mol. The third-order valence-electron chi connectivity index (χ3n) is 3.94. The van der Waals surface area contributed by atoms with Crippen molar-refractivity contribution in [1.29, 1.82) is 0 Å². The van der Waals surface area contributed by atoms with E-state index in [0.29, 0.717) is 0 Å². The summed E-state index contributed by atoms with van der Waals surface area (Å²) in [4.78, 5) is 2.66. The summed E-state index contributed by atoms with van der Waals surface area (Å²) in [5.74, 6) is 0.824. The third-order valence-corrected chi connectivity index (χ3v) is 3.94. The SMILES string of the molecule is CCC(C)CNCCC(C)N1CCCCC1. The zero-order valence-electron chi connectivity index (χ0n) is 11.5. The molecule has 0 radical (unpaired) electrons. The Kier molecular flexibility index (Phi) is 7.06. The van der Waals surface area contributed by atoms with Gasteiger partial charge in [-0.15, -0.1) is 0 Å². The molecular formula is C14H30N2. The van der Waals surface area contributed by atoms with Crippen LogP contribution in [0.4, 0.5) is 0 Å². The van der Waals surface area contributed by atoms with Crippen molar-refractivity contribution >= 4 is 0 Å². The van der Waals surface area contributed by atoms with Crippen LogP contribution >= 0.6 is 0 Å². The molecule has 1 rings (SSSR count). The van der Waals surface area contributed by atoms with Crippen molar-refractivity contribution in [2.24, 2.45) is 5.92 Å². The number of hydrogen-bond acceptors (Lipinski definition) is 2. The monoisotopic (exact) mass is 226 g/mol. The topological polar surface area (TPSA) is 15.3 Å². The molecule has 0 aromatic carbocycles. The predicted molar refractivity (Wildman–Crippen MR) is 71.8 cm³/mol. The number of rotatable bonds is 7. The van der Waals surface area contributed by atoms with Gasteiger partial charge in [0.15, 0.2) is 0 Å². The van der Waals surface area contributed by atoms with E-state index < -0.39 is 0 Å². The molecule has 1 aliphatic heterocycles. The normalized spacial score (nSPS) is 21.9. The molecule has 2 heteroatoms. The zero-order valence-corrected chi connectivity index (χ0v) is 11.5. The fourth-order valence-electron chi connectivity index (χ4n) is 2.35. The number of piperidine rings is 1. The summed E-state index contributed by atoms with van der Waals surface area (Å²) in [5.41, 5.74) is 0. The van der Waals surface area contributed by atoms with Crippen molar-refractivity contribution in [3.05, 3.63) is 0 Å². The zero-order chi connectivity index (χ0) is 11.8. The first-order valence-corrected chi connectivity index (χ1v) is 7.18. The molecule has 1 fully saturated rings. The van der Waals surface area contributed by atoms with E-state index in [0.717, 1.165) is 12.0 Å². The lowest BCUT2D eigenvalue weighted by atomic mass is 10.1. The molecule has 1 saturated heterocycles. The molecule has 0 aromatic rings. The van der Waals surface area contributed by atoms with Gasteiger partial charge < -0.3 is 10.2 Å². The van der Waals surface area contributed by atoms with E-state index in [1.54, 1.807) is 0 Å². The first-order chi connectivity index (χ1) is 7.74. The second kappa shape index (κ2) is 8.08. The maximum atomic E-state index is 3.58. The molecule has 0 aliphatic carbocycles. The molecule has 2 unspecified atom stereocenters. The van der Waals surface area contributed by atoms with Gasteiger partial charge in [-0.2, -0.15) is 0 Å². The Hall–Kier alpha value is -0.0800. The Morgan fingerprint density at radius 3 is 2.44 bits per heavy atom. The third kappa shape index (κ3) is 5.31. The highest BCUT2D eigenvalue weighted by Crippen LogP contribution is 2.13. The molecule has 0 saturated carbocycles. The van der Waals surface area contributed by atoms with Gasteiger partial charge in [0, 0.05) is 6.04 Å². The fourth-order valence-corrected chi connectivity index (χ4v) is 2.35. The second-order valence-corrected chi connectivity index (χ2v) is 5.45. The van der Waals surface area contributed by atoms with Crippen LogP contribution in [0.15, 0.2) is 0 Å². The van der Waals surface area contributed by atoms with Crippen LogP contribution in [-0.2, 0) is 0 Å². The summed E-state index contributed by atoms with van der Waals surface area (Å²) in [7, 11) is 0. The van der Waals surface area contributed by atoms with Crippen LogP contribution in [0, 0.1) is 5.92 Å². The lowest BCUT2D eigenvalue weighted by Crippen LogP contribution is -2.39. The van der Waals surface area contributed by atoms with Gasteiger partial charge in [0.25, 0.3) is 0 Å². The van der Waals surface area contributed by atoms with Crippen molar-refractivity contribution in [1.82, 2.24) is 10.2 Å². The predicted octanol–water partition coefficient (Wildman–Crippen LogP) is 2.89. The minimum absolute atomic E-state index is 0.768. The Labute approximate surface area is 102 Å². The van der Waals surface area contributed by atoms with Crippen molar-refractivity contribution in [2.75, 3.05) is 26.2 Å². The van der Waals surface area contributed by atoms with Crippen molar-refractivity contribution < 1.29 is 0 Å². The number of nitrogens with zero attached hydrogens (tertiary/aromatic N) is 1. The maximum absolute atomic E-state index is 3.58. The fraction of sp³-hybridized carbons (Fsp3) is 1.00. The van der Waals surface area contributed by atoms with Crippen LogP contribution in [0.5, 0.6) is 0 Å². The van der Waals surface area contributed by atoms with Gasteiger partial charge in [0.1, 0.15) is 0 Å². The minimum Gasteiger partial charge on any atom is -0.316 e. The van der Waals surface area contributed by atoms with Crippen molar-refractivity contribution in [2.45, 2.75) is 58.9 Å². The van der Waals surface area contributed by atoms with Crippen LogP contribution < -0.4 is 5.32 Å². The largest absolute Gasteiger partial charge is 0.316 e. The van der Waals surface area contributed by atoms with Gasteiger partial charge in [-0.3, -0.25) is 0 Å². The van der Waals surface area contributed by atoms with Crippen LogP contribution in [-0.4, -0.2) is 37.1 Å². The molecule has 2 atom stereocenters. The number of likely N-dealkylation sites (tertiary alicyclic amines) is 1. The first-order valence-electron chi connectivity index (χ1n) is 7.18. The average molecular weight is 226 g/mol. The van der Waals surface area contributed by atoms with Gasteiger partial charge in [-0.05, 0) is 58.3 Å². The molecule has 16 heavy (non-hydrogen) atoms. The molecule has 0 aromatic heterocycles. The Morgan fingerprint density at radius 2 is 1.81 bits per heavy atom. The van der Waals surface area contributed by atoms with Crippen molar-refractivity contribution in [3.8, 4) is 0 Å². The Balaban J connectivity index is 2.03. The van der Waals surface area contributed by atoms with E-state index >= 15 is 0 Å². The second-order valence-electron chi connectivity index (χ2n) is 5.45. The molecule has 0 bridgehead atoms.